The van der Waals surface area contributed by atoms with E-state index in [1.54, 1.807) is 0 Å². The normalized spacial score (nSPS) is 24.6. The van der Waals surface area contributed by atoms with Crippen molar-refractivity contribution in [3.63, 3.8) is 0 Å². The fourth-order valence-corrected chi connectivity index (χ4v) is 2.88. The molecule has 1 aliphatic heterocycles. The van der Waals surface area contributed by atoms with Crippen molar-refractivity contribution in [1.29, 1.82) is 0 Å². The lowest BCUT2D eigenvalue weighted by molar-refractivity contribution is -0.123. The highest BCUT2D eigenvalue weighted by Crippen LogP contribution is 2.23. The summed E-state index contributed by atoms with van der Waals surface area (Å²) in [6.07, 6.45) is 1.05. The van der Waals surface area contributed by atoms with Crippen LogP contribution in [0.4, 0.5) is 0 Å². The predicted molar refractivity (Wildman–Crippen MR) is 79.2 cm³/mol. The molecule has 0 aliphatic carbocycles. The minimum absolute atomic E-state index is 0.0105. The molecule has 1 aromatic carbocycles. The van der Waals surface area contributed by atoms with Crippen LogP contribution in [0.1, 0.15) is 31.9 Å². The lowest BCUT2D eigenvalue weighted by Crippen LogP contribution is -2.43. The lowest BCUT2D eigenvalue weighted by Gasteiger charge is -2.25. The van der Waals surface area contributed by atoms with E-state index in [1.165, 1.54) is 0 Å². The van der Waals surface area contributed by atoms with E-state index in [-0.39, 0.29) is 24.6 Å². The van der Waals surface area contributed by atoms with E-state index in [9.17, 15) is 9.90 Å². The molecule has 1 heterocycles. The van der Waals surface area contributed by atoms with E-state index in [2.05, 4.69) is 17.1 Å². The van der Waals surface area contributed by atoms with Crippen LogP contribution in [-0.4, -0.2) is 41.7 Å². The molecule has 2 N–H and O–H groups in total. The summed E-state index contributed by atoms with van der Waals surface area (Å²) in [5, 5.41) is 12.4. The average Bonchev–Trinajstić information content (AvgIpc) is 2.79. The van der Waals surface area contributed by atoms with Crippen molar-refractivity contribution < 1.29 is 9.90 Å². The number of carbonyl (C=O) groups is 1. The van der Waals surface area contributed by atoms with Gasteiger partial charge in [0, 0.05) is 6.04 Å². The molecule has 1 saturated heterocycles. The van der Waals surface area contributed by atoms with Gasteiger partial charge in [-0.1, -0.05) is 37.3 Å². The minimum Gasteiger partial charge on any atom is -0.395 e. The van der Waals surface area contributed by atoms with Gasteiger partial charge in [0.25, 0.3) is 0 Å². The average molecular weight is 276 g/mol. The van der Waals surface area contributed by atoms with Gasteiger partial charge in [0.2, 0.25) is 5.91 Å². The quantitative estimate of drug-likeness (QED) is 0.858. The monoisotopic (exact) mass is 276 g/mol. The molecule has 3 unspecified atom stereocenters. The van der Waals surface area contributed by atoms with Crippen LogP contribution in [0.15, 0.2) is 30.3 Å². The van der Waals surface area contributed by atoms with Gasteiger partial charge in [-0.3, -0.25) is 9.69 Å². The molecule has 110 valence electrons. The minimum atomic E-state index is 0.0105. The van der Waals surface area contributed by atoms with Gasteiger partial charge in [0.05, 0.1) is 19.2 Å². The number of benzene rings is 1. The molecular weight excluding hydrogens is 252 g/mol. The number of hydrogen-bond donors (Lipinski definition) is 2. The first-order chi connectivity index (χ1) is 9.61. The molecule has 0 spiro atoms. The van der Waals surface area contributed by atoms with Gasteiger partial charge >= 0.3 is 0 Å². The summed E-state index contributed by atoms with van der Waals surface area (Å²) in [6.45, 7) is 5.50. The first-order valence-corrected chi connectivity index (χ1v) is 7.31. The largest absolute Gasteiger partial charge is 0.395 e. The van der Waals surface area contributed by atoms with E-state index in [1.807, 2.05) is 37.3 Å². The Balaban J connectivity index is 1.87. The molecule has 0 saturated carbocycles. The highest BCUT2D eigenvalue weighted by Gasteiger charge is 2.31. The van der Waals surface area contributed by atoms with Crippen LogP contribution in [0.3, 0.4) is 0 Å². The number of likely N-dealkylation sites (tertiary alicyclic amines) is 1. The molecule has 3 atom stereocenters. The second kappa shape index (κ2) is 6.86. The number of hydrogen-bond acceptors (Lipinski definition) is 3. The molecule has 1 amide bonds. The maximum absolute atomic E-state index is 12.1. The van der Waals surface area contributed by atoms with E-state index in [0.717, 1.165) is 18.5 Å². The SMILES string of the molecule is CC(NC(=O)CN1CCC(C)C1CO)c1ccccc1. The standard InChI is InChI=1S/C16H24N2O2/c1-12-8-9-18(15(12)11-19)10-16(20)17-13(2)14-6-4-3-5-7-14/h3-7,12-13,15,19H,8-11H2,1-2H3,(H,17,20). The number of aliphatic hydroxyl groups is 1. The van der Waals surface area contributed by atoms with Crippen molar-refractivity contribution in [1.82, 2.24) is 10.2 Å². The zero-order chi connectivity index (χ0) is 14.5. The lowest BCUT2D eigenvalue weighted by atomic mass is 10.0. The number of rotatable bonds is 5. The maximum atomic E-state index is 12.1. The van der Waals surface area contributed by atoms with Crippen LogP contribution in [0.2, 0.25) is 0 Å². The Morgan fingerprint density at radius 3 is 2.80 bits per heavy atom. The van der Waals surface area contributed by atoms with Crippen LogP contribution in [0, 0.1) is 5.92 Å². The fourth-order valence-electron chi connectivity index (χ4n) is 2.88. The first kappa shape index (κ1) is 15.0. The number of aliphatic hydroxyl groups excluding tert-OH is 1. The van der Waals surface area contributed by atoms with Crippen LogP contribution >= 0.6 is 0 Å². The summed E-state index contributed by atoms with van der Waals surface area (Å²) in [6, 6.07) is 10.1. The zero-order valence-corrected chi connectivity index (χ0v) is 12.2. The summed E-state index contributed by atoms with van der Waals surface area (Å²) >= 11 is 0. The van der Waals surface area contributed by atoms with Crippen molar-refractivity contribution in [2.24, 2.45) is 5.92 Å². The molecule has 1 aliphatic rings. The third-order valence-electron chi connectivity index (χ3n) is 4.21. The molecule has 0 aromatic heterocycles. The van der Waals surface area contributed by atoms with Crippen molar-refractivity contribution >= 4 is 5.91 Å². The Morgan fingerprint density at radius 1 is 1.45 bits per heavy atom. The zero-order valence-electron chi connectivity index (χ0n) is 12.2. The smallest absolute Gasteiger partial charge is 0.234 e. The van der Waals surface area contributed by atoms with Crippen LogP contribution in [0.5, 0.6) is 0 Å². The summed E-state index contributed by atoms with van der Waals surface area (Å²) in [5.41, 5.74) is 1.11. The maximum Gasteiger partial charge on any atom is 0.234 e. The van der Waals surface area contributed by atoms with Crippen molar-refractivity contribution in [3.8, 4) is 0 Å². The molecule has 2 rings (SSSR count). The van der Waals surface area contributed by atoms with Gasteiger partial charge in [-0.15, -0.1) is 0 Å². The highest BCUT2D eigenvalue weighted by atomic mass is 16.3. The van der Waals surface area contributed by atoms with E-state index in [4.69, 9.17) is 0 Å². The predicted octanol–water partition coefficient (Wildman–Crippen LogP) is 1.57. The second-order valence-corrected chi connectivity index (χ2v) is 5.69. The van der Waals surface area contributed by atoms with E-state index in [0.29, 0.717) is 12.5 Å². The molecule has 0 bridgehead atoms. The van der Waals surface area contributed by atoms with Crippen LogP contribution in [-0.2, 0) is 4.79 Å². The molecular formula is C16H24N2O2. The van der Waals surface area contributed by atoms with Crippen molar-refractivity contribution in [2.75, 3.05) is 19.7 Å². The van der Waals surface area contributed by atoms with Gasteiger partial charge in [-0.2, -0.15) is 0 Å². The van der Waals surface area contributed by atoms with Gasteiger partial charge in [-0.25, -0.2) is 0 Å². The number of amides is 1. The summed E-state index contributed by atoms with van der Waals surface area (Å²) in [5.74, 6) is 0.480. The number of carbonyl (C=O) groups excluding carboxylic acids is 1. The van der Waals surface area contributed by atoms with Gasteiger partial charge in [0.15, 0.2) is 0 Å². The molecule has 20 heavy (non-hydrogen) atoms. The van der Waals surface area contributed by atoms with Crippen LogP contribution in [0.25, 0.3) is 0 Å². The Hall–Kier alpha value is -1.39. The Kier molecular flexibility index (Phi) is 5.15. The van der Waals surface area contributed by atoms with Gasteiger partial charge < -0.3 is 10.4 Å². The molecule has 0 radical (unpaired) electrons. The number of nitrogens with one attached hydrogen (secondary N) is 1. The third-order valence-corrected chi connectivity index (χ3v) is 4.21. The highest BCUT2D eigenvalue weighted by molar-refractivity contribution is 5.78. The molecule has 4 heteroatoms. The first-order valence-electron chi connectivity index (χ1n) is 7.31. The topological polar surface area (TPSA) is 52.6 Å². The van der Waals surface area contributed by atoms with Gasteiger partial charge in [-0.05, 0) is 31.4 Å². The fraction of sp³-hybridized carbons (Fsp3) is 0.562. The van der Waals surface area contributed by atoms with Crippen molar-refractivity contribution in [3.05, 3.63) is 35.9 Å². The molecule has 1 fully saturated rings. The van der Waals surface area contributed by atoms with Gasteiger partial charge in [0.1, 0.15) is 0 Å². The summed E-state index contributed by atoms with van der Waals surface area (Å²) < 4.78 is 0. The van der Waals surface area contributed by atoms with E-state index >= 15 is 0 Å². The Morgan fingerprint density at radius 2 is 2.15 bits per heavy atom. The Labute approximate surface area is 120 Å². The summed E-state index contributed by atoms with van der Waals surface area (Å²) in [4.78, 5) is 14.2. The second-order valence-electron chi connectivity index (χ2n) is 5.69. The van der Waals surface area contributed by atoms with E-state index < -0.39 is 0 Å². The Bertz CT molecular complexity index is 435. The molecule has 1 aromatic rings. The van der Waals surface area contributed by atoms with Crippen LogP contribution < -0.4 is 5.32 Å². The van der Waals surface area contributed by atoms with Crippen molar-refractivity contribution in [2.45, 2.75) is 32.4 Å². The summed E-state index contributed by atoms with van der Waals surface area (Å²) in [7, 11) is 0. The molecule has 4 nitrogen and oxygen atoms in total. The number of nitrogens with zero attached hydrogens (tertiary/aromatic N) is 1. The third kappa shape index (κ3) is 3.58.